The first-order chi connectivity index (χ1) is 14.9. The van der Waals surface area contributed by atoms with Gasteiger partial charge in [0.2, 0.25) is 10.0 Å². The first-order valence-corrected chi connectivity index (χ1v) is 11.4. The number of hydrogen-bond donors (Lipinski definition) is 1. The van der Waals surface area contributed by atoms with Crippen molar-refractivity contribution in [2.45, 2.75) is 31.4 Å². The summed E-state index contributed by atoms with van der Waals surface area (Å²) in [5, 5.41) is 3.86. The van der Waals surface area contributed by atoms with Gasteiger partial charge < -0.3 is 9.74 Å². The molecule has 3 heterocycles. The quantitative estimate of drug-likeness (QED) is 0.685. The van der Waals surface area contributed by atoms with Gasteiger partial charge in [-0.3, -0.25) is 0 Å². The van der Waals surface area contributed by atoms with Crippen LogP contribution in [0.5, 0.6) is 0 Å². The number of rotatable bonds is 4. The molecule has 0 amide bonds. The van der Waals surface area contributed by atoms with Crippen LogP contribution >= 0.6 is 0 Å². The molecule has 0 radical (unpaired) electrons. The molecule has 1 aromatic heterocycles. The lowest BCUT2D eigenvalue weighted by atomic mass is 10.00. The van der Waals surface area contributed by atoms with E-state index in [2.05, 4.69) is 15.1 Å². The highest BCUT2D eigenvalue weighted by atomic mass is 32.2. The molecule has 1 N–H and O–H groups in total. The third-order valence-electron chi connectivity index (χ3n) is 5.17. The molecule has 4 rings (SSSR count). The normalized spacial score (nSPS) is 22.7. The Balaban J connectivity index is 1.58. The first kappa shape index (κ1) is 22.4. The number of likely N-dealkylation sites (tertiary alicyclic amines) is 1. The molecule has 0 bridgehead atoms. The average molecular weight is 473 g/mol. The summed E-state index contributed by atoms with van der Waals surface area (Å²) in [7, 11) is -3.84. The lowest BCUT2D eigenvalue weighted by Crippen LogP contribution is -2.46. The number of alkyl halides is 2. The van der Waals surface area contributed by atoms with Crippen LogP contribution in [0.15, 0.2) is 29.6 Å². The Morgan fingerprint density at radius 2 is 1.94 bits per heavy atom. The molecule has 2 aromatic rings. The van der Waals surface area contributed by atoms with Crippen molar-refractivity contribution in [2.24, 2.45) is 5.16 Å². The van der Waals surface area contributed by atoms with Gasteiger partial charge in [-0.25, -0.2) is 40.7 Å². The number of benzene rings is 1. The molecule has 0 spiro atoms. The predicted octanol–water partition coefficient (Wildman–Crippen LogP) is 2.37. The highest BCUT2D eigenvalue weighted by molar-refractivity contribution is 7.88. The van der Waals surface area contributed by atoms with E-state index in [1.807, 2.05) is 4.72 Å². The largest absolute Gasteiger partial charge is 0.386 e. The van der Waals surface area contributed by atoms with Crippen molar-refractivity contribution < 1.29 is 30.8 Å². The Labute approximate surface area is 181 Å². The van der Waals surface area contributed by atoms with Gasteiger partial charge in [0, 0.05) is 18.3 Å². The maximum absolute atomic E-state index is 14.4. The van der Waals surface area contributed by atoms with Gasteiger partial charge in [-0.1, -0.05) is 11.2 Å². The smallest absolute Gasteiger partial charge is 0.282 e. The summed E-state index contributed by atoms with van der Waals surface area (Å²) in [4.78, 5) is 14.9. The second kappa shape index (κ2) is 7.96. The van der Waals surface area contributed by atoms with E-state index in [0.29, 0.717) is 0 Å². The van der Waals surface area contributed by atoms with Crippen molar-refractivity contribution in [1.82, 2.24) is 19.6 Å². The summed E-state index contributed by atoms with van der Waals surface area (Å²) >= 11 is 0. The minimum Gasteiger partial charge on any atom is -0.386 e. The molecule has 2 aliphatic heterocycles. The Morgan fingerprint density at radius 1 is 1.25 bits per heavy atom. The lowest BCUT2D eigenvalue weighted by molar-refractivity contribution is -0.00123. The zero-order valence-electron chi connectivity index (χ0n) is 17.0. The highest BCUT2D eigenvalue weighted by Gasteiger charge is 2.51. The third-order valence-corrected chi connectivity index (χ3v) is 5.89. The number of nitrogens with one attached hydrogen (secondary N) is 1. The molecule has 1 aromatic carbocycles. The first-order valence-electron chi connectivity index (χ1n) is 9.55. The fraction of sp³-hybridized carbons (Fsp3) is 0.421. The molecule has 172 valence electrons. The summed E-state index contributed by atoms with van der Waals surface area (Å²) < 4.78 is 82.2. The van der Waals surface area contributed by atoms with Gasteiger partial charge in [0.1, 0.15) is 29.3 Å². The number of aromatic nitrogens is 2. The van der Waals surface area contributed by atoms with Crippen molar-refractivity contribution in [3.8, 4) is 11.3 Å². The Kier molecular flexibility index (Phi) is 5.57. The van der Waals surface area contributed by atoms with Gasteiger partial charge in [0.15, 0.2) is 6.10 Å². The fourth-order valence-electron chi connectivity index (χ4n) is 3.72. The van der Waals surface area contributed by atoms with Crippen LogP contribution in [0.4, 0.5) is 17.6 Å². The lowest BCUT2D eigenvalue weighted by Gasteiger charge is -2.17. The number of aryl methyl sites for hydroxylation is 1. The standard InChI is InChI=1S/C19H19F4N5O3S/c1-10-24-7-11(18(25-10)17-12(20)4-3-5-13(17)21)14-6-16(26-31-14)28-8-15(19(22,23)9-28)27-32(2,29)30/h3-5,7,14-15,27H,6,8-9H2,1-2H3/t14?,15-/m1/s1. The van der Waals surface area contributed by atoms with Crippen LogP contribution in [-0.4, -0.2) is 60.4 Å². The van der Waals surface area contributed by atoms with E-state index >= 15 is 0 Å². The van der Waals surface area contributed by atoms with Crippen LogP contribution in [0, 0.1) is 18.6 Å². The summed E-state index contributed by atoms with van der Waals surface area (Å²) in [5.41, 5.74) is -0.122. The van der Waals surface area contributed by atoms with Crippen LogP contribution in [0.3, 0.4) is 0 Å². The Morgan fingerprint density at radius 3 is 2.59 bits per heavy atom. The minimum atomic E-state index is -3.84. The van der Waals surface area contributed by atoms with Crippen molar-refractivity contribution in [3.63, 3.8) is 0 Å². The third kappa shape index (κ3) is 4.39. The van der Waals surface area contributed by atoms with Gasteiger partial charge in [0.25, 0.3) is 5.92 Å². The molecule has 1 unspecified atom stereocenters. The molecule has 2 atom stereocenters. The predicted molar refractivity (Wildman–Crippen MR) is 106 cm³/mol. The Bertz CT molecular complexity index is 1170. The number of sulfonamides is 1. The summed E-state index contributed by atoms with van der Waals surface area (Å²) in [6, 6.07) is 1.80. The van der Waals surface area contributed by atoms with Gasteiger partial charge in [-0.15, -0.1) is 0 Å². The maximum atomic E-state index is 14.4. The molecule has 0 aliphatic carbocycles. The van der Waals surface area contributed by atoms with E-state index in [1.54, 1.807) is 6.92 Å². The zero-order valence-corrected chi connectivity index (χ0v) is 17.8. The monoisotopic (exact) mass is 473 g/mol. The number of oxime groups is 1. The van der Waals surface area contributed by atoms with E-state index in [0.717, 1.165) is 18.4 Å². The second-order valence-corrected chi connectivity index (χ2v) is 9.49. The molecule has 1 saturated heterocycles. The molecule has 0 saturated carbocycles. The van der Waals surface area contributed by atoms with Gasteiger partial charge >= 0.3 is 0 Å². The van der Waals surface area contributed by atoms with Crippen LogP contribution < -0.4 is 4.72 Å². The van der Waals surface area contributed by atoms with Crippen LogP contribution in [0.2, 0.25) is 0 Å². The van der Waals surface area contributed by atoms with Gasteiger partial charge in [-0.05, 0) is 19.1 Å². The van der Waals surface area contributed by atoms with Crippen molar-refractivity contribution in [2.75, 3.05) is 19.3 Å². The van der Waals surface area contributed by atoms with Crippen LogP contribution in [0.25, 0.3) is 11.3 Å². The minimum absolute atomic E-state index is 0.0111. The van der Waals surface area contributed by atoms with Crippen molar-refractivity contribution >= 4 is 15.9 Å². The topological polar surface area (TPSA) is 96.8 Å². The molecule has 1 fully saturated rings. The molecular formula is C19H19F4N5O3S. The van der Waals surface area contributed by atoms with Crippen molar-refractivity contribution in [3.05, 3.63) is 47.4 Å². The van der Waals surface area contributed by atoms with E-state index in [1.165, 1.54) is 17.2 Å². The number of amidine groups is 1. The maximum Gasteiger partial charge on any atom is 0.282 e. The summed E-state index contributed by atoms with van der Waals surface area (Å²) in [6.07, 6.45) is 1.31. The van der Waals surface area contributed by atoms with Crippen LogP contribution in [-0.2, 0) is 14.9 Å². The zero-order chi connectivity index (χ0) is 23.3. The van der Waals surface area contributed by atoms with Gasteiger partial charge in [-0.2, -0.15) is 0 Å². The summed E-state index contributed by atoms with van der Waals surface area (Å²) in [5.74, 6) is -4.53. The fourth-order valence-corrected chi connectivity index (χ4v) is 4.48. The molecule has 13 heteroatoms. The van der Waals surface area contributed by atoms with Crippen molar-refractivity contribution in [1.29, 1.82) is 0 Å². The SMILES string of the molecule is Cc1ncc(C2CC(N3C[C@@H](NS(C)(=O)=O)C(F)(F)C3)=NO2)c(-c2c(F)cccc2F)n1. The van der Waals surface area contributed by atoms with E-state index in [-0.39, 0.29) is 41.4 Å². The number of hydrogen-bond acceptors (Lipinski definition) is 7. The Hall–Kier alpha value is -2.80. The van der Waals surface area contributed by atoms with E-state index < -0.39 is 46.3 Å². The molecule has 32 heavy (non-hydrogen) atoms. The van der Waals surface area contributed by atoms with Crippen LogP contribution in [0.1, 0.15) is 23.9 Å². The van der Waals surface area contributed by atoms with Gasteiger partial charge in [0.05, 0.1) is 30.5 Å². The highest BCUT2D eigenvalue weighted by Crippen LogP contribution is 2.38. The van der Waals surface area contributed by atoms with E-state index in [9.17, 15) is 26.0 Å². The number of halogens is 4. The number of nitrogens with zero attached hydrogens (tertiary/aromatic N) is 4. The molecule has 8 nitrogen and oxygen atoms in total. The second-order valence-electron chi connectivity index (χ2n) is 7.71. The average Bonchev–Trinajstić information content (AvgIpc) is 3.25. The van der Waals surface area contributed by atoms with E-state index in [4.69, 9.17) is 4.84 Å². The molecular weight excluding hydrogens is 454 g/mol. The molecule has 2 aliphatic rings. The summed E-state index contributed by atoms with van der Waals surface area (Å²) in [6.45, 7) is 0.493.